The van der Waals surface area contributed by atoms with Crippen molar-refractivity contribution in [3.05, 3.63) is 23.3 Å². The second-order valence-electron chi connectivity index (χ2n) is 7.33. The fraction of sp³-hybridized carbons (Fsp3) is 0.588. The molecule has 0 aromatic heterocycles. The van der Waals surface area contributed by atoms with Gasteiger partial charge in [0.25, 0.3) is 0 Å². The minimum Gasteiger partial charge on any atom is -0.484 e. The molecule has 1 saturated carbocycles. The first-order chi connectivity index (χ1) is 13.0. The molecular weight excluding hydrogens is 406 g/mol. The van der Waals surface area contributed by atoms with E-state index in [9.17, 15) is 26.0 Å². The average molecular weight is 425 g/mol. The lowest BCUT2D eigenvalue weighted by molar-refractivity contribution is 0.0123. The Morgan fingerprint density at radius 3 is 2.07 bits per heavy atom. The number of oxime groups is 1. The Hall–Kier alpha value is -2.04. The summed E-state index contributed by atoms with van der Waals surface area (Å²) in [7, 11) is -4.22. The van der Waals surface area contributed by atoms with Gasteiger partial charge in [-0.2, -0.15) is 17.6 Å². The third-order valence-electron chi connectivity index (χ3n) is 4.46. The lowest BCUT2D eigenvalue weighted by Gasteiger charge is -2.17. The Kier molecular flexibility index (Phi) is 5.48. The molecule has 0 radical (unpaired) electrons. The van der Waals surface area contributed by atoms with Crippen molar-refractivity contribution in [2.75, 3.05) is 5.94 Å². The minimum absolute atomic E-state index is 0.0828. The van der Waals surface area contributed by atoms with Crippen molar-refractivity contribution in [1.82, 2.24) is 0 Å². The van der Waals surface area contributed by atoms with Gasteiger partial charge >= 0.3 is 0 Å². The fourth-order valence-corrected chi connectivity index (χ4v) is 4.10. The fourth-order valence-electron chi connectivity index (χ4n) is 2.97. The third-order valence-corrected chi connectivity index (χ3v) is 5.82. The van der Waals surface area contributed by atoms with E-state index < -0.39 is 62.2 Å². The van der Waals surface area contributed by atoms with Crippen LogP contribution < -0.4 is 9.47 Å². The Bertz CT molecular complexity index is 882. The van der Waals surface area contributed by atoms with Gasteiger partial charge < -0.3 is 14.3 Å². The highest BCUT2D eigenvalue weighted by Crippen LogP contribution is 2.37. The predicted molar refractivity (Wildman–Crippen MR) is 90.8 cm³/mol. The summed E-state index contributed by atoms with van der Waals surface area (Å²) in [5, 5.41) is 3.03. The Labute approximate surface area is 159 Å². The summed E-state index contributed by atoms with van der Waals surface area (Å²) in [6.45, 7) is 3.18. The van der Waals surface area contributed by atoms with Gasteiger partial charge in [0.05, 0.1) is 6.10 Å². The molecule has 0 spiro atoms. The summed E-state index contributed by atoms with van der Waals surface area (Å²) < 4.78 is 90.9. The predicted octanol–water partition coefficient (Wildman–Crippen LogP) is 3.83. The Morgan fingerprint density at radius 1 is 1.04 bits per heavy atom. The van der Waals surface area contributed by atoms with Gasteiger partial charge in [-0.3, -0.25) is 0 Å². The van der Waals surface area contributed by atoms with Crippen LogP contribution in [0.3, 0.4) is 0 Å². The first-order valence-corrected chi connectivity index (χ1v) is 10.3. The van der Waals surface area contributed by atoms with Crippen molar-refractivity contribution >= 4 is 14.9 Å². The Morgan fingerprint density at radius 2 is 1.57 bits per heavy atom. The van der Waals surface area contributed by atoms with Crippen molar-refractivity contribution in [2.45, 2.75) is 57.7 Å². The SMILES string of the molecule is CC1(C)CC(S(=O)(=O)COc2c(F)c(F)c(OC3CCCC3)c(F)c2F)=NO1. The maximum absolute atomic E-state index is 14.2. The number of sulfone groups is 1. The summed E-state index contributed by atoms with van der Waals surface area (Å²) in [5.74, 6) is -11.2. The van der Waals surface area contributed by atoms with Gasteiger partial charge in [0.15, 0.2) is 22.5 Å². The van der Waals surface area contributed by atoms with Crippen molar-refractivity contribution in [2.24, 2.45) is 5.16 Å². The van der Waals surface area contributed by atoms with Crippen LogP contribution in [-0.4, -0.2) is 31.1 Å². The van der Waals surface area contributed by atoms with Crippen molar-refractivity contribution < 1.29 is 40.3 Å². The van der Waals surface area contributed by atoms with Crippen molar-refractivity contribution in [3.8, 4) is 11.5 Å². The molecule has 0 amide bonds. The highest BCUT2D eigenvalue weighted by molar-refractivity contribution is 8.06. The number of ether oxygens (including phenoxy) is 2. The standard InChI is InChI=1S/C17H19F4NO5S/c1-17(2)7-10(22-27-17)28(23,24)8-25-15-11(18)13(20)16(14(21)12(15)19)26-9-5-3-4-6-9/h9H,3-8H2,1-2H3. The van der Waals surface area contributed by atoms with Crippen molar-refractivity contribution in [3.63, 3.8) is 0 Å². The number of rotatable bonds is 5. The molecular formula is C17H19F4NO5S. The average Bonchev–Trinajstić information content (AvgIpc) is 3.26. The van der Waals surface area contributed by atoms with Gasteiger partial charge in [0.1, 0.15) is 5.60 Å². The molecule has 2 aliphatic rings. The number of hydrogen-bond donors (Lipinski definition) is 0. The third kappa shape index (κ3) is 4.03. The second kappa shape index (κ2) is 7.41. The number of halogens is 4. The largest absolute Gasteiger partial charge is 0.484 e. The van der Waals surface area contributed by atoms with Gasteiger partial charge in [-0.15, -0.1) is 0 Å². The maximum atomic E-state index is 14.2. The molecule has 0 bridgehead atoms. The second-order valence-corrected chi connectivity index (χ2v) is 9.26. The number of nitrogens with zero attached hydrogens (tertiary/aromatic N) is 1. The first kappa shape index (κ1) is 20.7. The quantitative estimate of drug-likeness (QED) is 0.530. The van der Waals surface area contributed by atoms with Crippen LogP contribution in [-0.2, 0) is 14.7 Å². The van der Waals surface area contributed by atoms with Crippen LogP contribution >= 0.6 is 0 Å². The van der Waals surface area contributed by atoms with Gasteiger partial charge in [-0.1, -0.05) is 5.16 Å². The van der Waals surface area contributed by atoms with Crippen LogP contribution in [0.25, 0.3) is 0 Å². The molecule has 1 heterocycles. The van der Waals surface area contributed by atoms with E-state index in [1.165, 1.54) is 0 Å². The summed E-state index contributed by atoms with van der Waals surface area (Å²) in [4.78, 5) is 4.92. The minimum atomic E-state index is -4.22. The molecule has 6 nitrogen and oxygen atoms in total. The molecule has 0 atom stereocenters. The normalized spacial score (nSPS) is 19.4. The molecule has 1 aromatic carbocycles. The maximum Gasteiger partial charge on any atom is 0.230 e. The highest BCUT2D eigenvalue weighted by Gasteiger charge is 2.37. The molecule has 1 aromatic rings. The smallest absolute Gasteiger partial charge is 0.230 e. The molecule has 28 heavy (non-hydrogen) atoms. The summed E-state index contributed by atoms with van der Waals surface area (Å²) >= 11 is 0. The van der Waals surface area contributed by atoms with Gasteiger partial charge in [-0.25, -0.2) is 8.42 Å². The zero-order valence-electron chi connectivity index (χ0n) is 15.2. The van der Waals surface area contributed by atoms with Crippen LogP contribution in [0.15, 0.2) is 5.16 Å². The van der Waals surface area contributed by atoms with Crippen LogP contribution in [0.5, 0.6) is 11.5 Å². The van der Waals surface area contributed by atoms with E-state index in [1.54, 1.807) is 13.8 Å². The lowest BCUT2D eigenvalue weighted by Crippen LogP contribution is -2.26. The van der Waals surface area contributed by atoms with E-state index >= 15 is 0 Å². The van der Waals surface area contributed by atoms with Crippen LogP contribution in [0, 0.1) is 23.3 Å². The first-order valence-electron chi connectivity index (χ1n) is 8.65. The van der Waals surface area contributed by atoms with E-state index in [1.807, 2.05) is 0 Å². The van der Waals surface area contributed by atoms with Crippen LogP contribution in [0.1, 0.15) is 46.0 Å². The summed E-state index contributed by atoms with van der Waals surface area (Å²) in [5.41, 5.74) is -0.865. The molecule has 11 heteroatoms. The monoisotopic (exact) mass is 425 g/mol. The van der Waals surface area contributed by atoms with Gasteiger partial charge in [0.2, 0.25) is 33.1 Å². The van der Waals surface area contributed by atoms with E-state index in [-0.39, 0.29) is 11.5 Å². The molecule has 0 unspecified atom stereocenters. The van der Waals surface area contributed by atoms with E-state index in [2.05, 4.69) is 9.89 Å². The molecule has 0 saturated heterocycles. The van der Waals surface area contributed by atoms with Crippen LogP contribution in [0.2, 0.25) is 0 Å². The number of hydrogen-bond acceptors (Lipinski definition) is 6. The van der Waals surface area contributed by atoms with E-state index in [0.717, 1.165) is 12.8 Å². The molecule has 1 aliphatic carbocycles. The molecule has 1 aliphatic heterocycles. The molecule has 0 N–H and O–H groups in total. The van der Waals surface area contributed by atoms with Gasteiger partial charge in [-0.05, 0) is 39.5 Å². The number of benzene rings is 1. The zero-order valence-corrected chi connectivity index (χ0v) is 16.0. The van der Waals surface area contributed by atoms with E-state index in [0.29, 0.717) is 12.8 Å². The summed E-state index contributed by atoms with van der Waals surface area (Å²) in [6.07, 6.45) is 1.96. The molecule has 1 fully saturated rings. The topological polar surface area (TPSA) is 74.2 Å². The van der Waals surface area contributed by atoms with Crippen LogP contribution in [0.4, 0.5) is 17.6 Å². The summed E-state index contributed by atoms with van der Waals surface area (Å²) in [6, 6.07) is 0. The van der Waals surface area contributed by atoms with Crippen molar-refractivity contribution in [1.29, 1.82) is 0 Å². The highest BCUT2D eigenvalue weighted by atomic mass is 32.2. The zero-order chi connectivity index (χ0) is 20.7. The molecule has 3 rings (SSSR count). The lowest BCUT2D eigenvalue weighted by atomic mass is 10.1. The van der Waals surface area contributed by atoms with E-state index in [4.69, 9.17) is 9.57 Å². The molecule has 156 valence electrons. The van der Waals surface area contributed by atoms with Gasteiger partial charge in [0, 0.05) is 6.42 Å². The Balaban J connectivity index is 1.81.